The first-order chi connectivity index (χ1) is 8.63. The van der Waals surface area contributed by atoms with Crippen LogP contribution in [0.2, 0.25) is 0 Å². The molecule has 0 atom stereocenters. The molecule has 0 aromatic carbocycles. The van der Waals surface area contributed by atoms with Crippen LogP contribution in [0.5, 0.6) is 0 Å². The maximum Gasteiger partial charge on any atom is 0.328 e. The number of carboxylic acid groups (broad SMARTS) is 1. The van der Waals surface area contributed by atoms with Crippen molar-refractivity contribution in [3.8, 4) is 0 Å². The van der Waals surface area contributed by atoms with Gasteiger partial charge in [-0.2, -0.15) is 0 Å². The van der Waals surface area contributed by atoms with Crippen LogP contribution in [0.25, 0.3) is 6.08 Å². The molecular weight excluding hydrogens is 232 g/mol. The molecule has 5 heteroatoms. The zero-order valence-electron chi connectivity index (χ0n) is 10.4. The molecule has 0 bridgehead atoms. The molecule has 0 aliphatic heterocycles. The summed E-state index contributed by atoms with van der Waals surface area (Å²) in [6.45, 7) is 2.94. The molecule has 0 saturated heterocycles. The number of rotatable bonds is 7. The van der Waals surface area contributed by atoms with Gasteiger partial charge in [0.2, 0.25) is 5.91 Å². The number of nitrogens with one attached hydrogen (secondary N) is 1. The van der Waals surface area contributed by atoms with Crippen LogP contribution in [0.15, 0.2) is 24.4 Å². The number of hydrogen-bond donors (Lipinski definition) is 2. The first-order valence-corrected chi connectivity index (χ1v) is 5.96. The van der Waals surface area contributed by atoms with Crippen LogP contribution in [-0.4, -0.2) is 28.1 Å². The number of amides is 1. The number of aromatic nitrogens is 1. The molecule has 0 aliphatic carbocycles. The summed E-state index contributed by atoms with van der Waals surface area (Å²) in [5.41, 5.74) is 0.697. The van der Waals surface area contributed by atoms with Gasteiger partial charge in [0.15, 0.2) is 0 Å². The molecule has 2 N–H and O–H groups in total. The Morgan fingerprint density at radius 2 is 2.28 bits per heavy atom. The fraction of sp³-hybridized carbons (Fsp3) is 0.385. The van der Waals surface area contributed by atoms with Gasteiger partial charge in [-0.25, -0.2) is 4.79 Å². The lowest BCUT2D eigenvalue weighted by molar-refractivity contribution is -0.131. The van der Waals surface area contributed by atoms with Gasteiger partial charge in [-0.15, -0.1) is 0 Å². The largest absolute Gasteiger partial charge is 0.478 e. The highest BCUT2D eigenvalue weighted by molar-refractivity contribution is 5.85. The van der Waals surface area contributed by atoms with Crippen LogP contribution in [0, 0.1) is 0 Å². The minimum atomic E-state index is -1.00. The fourth-order valence-electron chi connectivity index (χ4n) is 1.49. The molecule has 1 rings (SSSR count). The highest BCUT2D eigenvalue weighted by atomic mass is 16.4. The summed E-state index contributed by atoms with van der Waals surface area (Å²) in [7, 11) is 0. The third-order valence-electron chi connectivity index (χ3n) is 2.43. The van der Waals surface area contributed by atoms with E-state index in [0.717, 1.165) is 18.9 Å². The third-order valence-corrected chi connectivity index (χ3v) is 2.43. The lowest BCUT2D eigenvalue weighted by Gasteiger charge is -2.07. The maximum atomic E-state index is 11.6. The van der Waals surface area contributed by atoms with Crippen LogP contribution in [-0.2, 0) is 16.1 Å². The van der Waals surface area contributed by atoms with E-state index in [1.807, 2.05) is 0 Å². The topological polar surface area (TPSA) is 71.3 Å². The van der Waals surface area contributed by atoms with E-state index in [9.17, 15) is 9.59 Å². The predicted octanol–water partition coefficient (Wildman–Crippen LogP) is 1.50. The van der Waals surface area contributed by atoms with Gasteiger partial charge < -0.3 is 15.0 Å². The van der Waals surface area contributed by atoms with Gasteiger partial charge in [-0.3, -0.25) is 4.79 Å². The molecule has 1 aromatic heterocycles. The van der Waals surface area contributed by atoms with Crippen molar-refractivity contribution < 1.29 is 14.7 Å². The number of hydrogen-bond acceptors (Lipinski definition) is 2. The Bertz CT molecular complexity index is 435. The van der Waals surface area contributed by atoms with Crippen LogP contribution in [0.4, 0.5) is 0 Å². The summed E-state index contributed by atoms with van der Waals surface area (Å²) >= 11 is 0. The van der Waals surface area contributed by atoms with Gasteiger partial charge in [0.05, 0.1) is 0 Å². The molecule has 1 heterocycles. The fourth-order valence-corrected chi connectivity index (χ4v) is 1.49. The van der Waals surface area contributed by atoms with Crippen molar-refractivity contribution >= 4 is 18.0 Å². The third kappa shape index (κ3) is 4.86. The van der Waals surface area contributed by atoms with Gasteiger partial charge in [0, 0.05) is 24.5 Å². The van der Waals surface area contributed by atoms with Crippen molar-refractivity contribution in [3.63, 3.8) is 0 Å². The second kappa shape index (κ2) is 7.32. The monoisotopic (exact) mass is 250 g/mol. The Hall–Kier alpha value is -2.04. The molecule has 0 radical (unpaired) electrons. The number of nitrogens with zero attached hydrogens (tertiary/aromatic N) is 1. The molecule has 1 amide bonds. The van der Waals surface area contributed by atoms with Gasteiger partial charge in [0.25, 0.3) is 0 Å². The normalized spacial score (nSPS) is 10.7. The van der Waals surface area contributed by atoms with Crippen LogP contribution >= 0.6 is 0 Å². The Morgan fingerprint density at radius 1 is 1.50 bits per heavy atom. The van der Waals surface area contributed by atoms with Crippen molar-refractivity contribution in [2.75, 3.05) is 6.54 Å². The van der Waals surface area contributed by atoms with E-state index < -0.39 is 5.97 Å². The van der Waals surface area contributed by atoms with E-state index >= 15 is 0 Å². The lowest BCUT2D eigenvalue weighted by atomic mass is 10.3. The number of aliphatic carboxylic acids is 1. The molecule has 0 aliphatic rings. The predicted molar refractivity (Wildman–Crippen MR) is 69.0 cm³/mol. The van der Waals surface area contributed by atoms with Crippen LogP contribution in [0.1, 0.15) is 25.5 Å². The number of carbonyl (C=O) groups is 2. The summed E-state index contributed by atoms with van der Waals surface area (Å²) in [4.78, 5) is 22.0. The average molecular weight is 250 g/mol. The maximum absolute atomic E-state index is 11.6. The summed E-state index contributed by atoms with van der Waals surface area (Å²) in [5, 5.41) is 11.4. The SMILES string of the molecule is CCCCNC(=O)Cn1cccc1/C=C/C(=O)O. The summed E-state index contributed by atoms with van der Waals surface area (Å²) in [6.07, 6.45) is 6.28. The van der Waals surface area contributed by atoms with E-state index in [1.54, 1.807) is 22.9 Å². The Morgan fingerprint density at radius 3 is 2.94 bits per heavy atom. The van der Waals surface area contributed by atoms with Crippen molar-refractivity contribution in [1.29, 1.82) is 0 Å². The average Bonchev–Trinajstić information content (AvgIpc) is 2.74. The number of carboxylic acids is 1. The quantitative estimate of drug-likeness (QED) is 0.569. The van der Waals surface area contributed by atoms with E-state index in [1.165, 1.54) is 6.08 Å². The molecule has 18 heavy (non-hydrogen) atoms. The standard InChI is InChI=1S/C13H18N2O3/c1-2-3-8-14-12(16)10-15-9-4-5-11(15)6-7-13(17)18/h4-7,9H,2-3,8,10H2,1H3,(H,14,16)(H,17,18)/b7-6+. The first kappa shape index (κ1) is 14.0. The lowest BCUT2D eigenvalue weighted by Crippen LogP contribution is -2.28. The molecule has 0 saturated carbocycles. The summed E-state index contributed by atoms with van der Waals surface area (Å²) in [5.74, 6) is -1.07. The van der Waals surface area contributed by atoms with E-state index in [0.29, 0.717) is 12.2 Å². The van der Waals surface area contributed by atoms with E-state index in [-0.39, 0.29) is 12.5 Å². The molecule has 0 fully saturated rings. The van der Waals surface area contributed by atoms with E-state index in [2.05, 4.69) is 12.2 Å². The van der Waals surface area contributed by atoms with Gasteiger partial charge in [-0.1, -0.05) is 13.3 Å². The summed E-state index contributed by atoms with van der Waals surface area (Å²) < 4.78 is 1.71. The van der Waals surface area contributed by atoms with Crippen molar-refractivity contribution in [1.82, 2.24) is 9.88 Å². The minimum absolute atomic E-state index is 0.0652. The van der Waals surface area contributed by atoms with Gasteiger partial charge in [0.1, 0.15) is 6.54 Å². The zero-order valence-corrected chi connectivity index (χ0v) is 10.4. The van der Waals surface area contributed by atoms with Crippen molar-refractivity contribution in [3.05, 3.63) is 30.1 Å². The van der Waals surface area contributed by atoms with Crippen LogP contribution < -0.4 is 5.32 Å². The zero-order chi connectivity index (χ0) is 13.4. The Labute approximate surface area is 106 Å². The molecular formula is C13H18N2O3. The Balaban J connectivity index is 2.54. The summed E-state index contributed by atoms with van der Waals surface area (Å²) in [6, 6.07) is 3.54. The van der Waals surface area contributed by atoms with Crippen molar-refractivity contribution in [2.45, 2.75) is 26.3 Å². The molecule has 0 spiro atoms. The number of carbonyl (C=O) groups excluding carboxylic acids is 1. The van der Waals surface area contributed by atoms with E-state index in [4.69, 9.17) is 5.11 Å². The highest BCUT2D eigenvalue weighted by Crippen LogP contribution is 2.04. The smallest absolute Gasteiger partial charge is 0.328 e. The minimum Gasteiger partial charge on any atom is -0.478 e. The Kier molecular flexibility index (Phi) is 5.70. The molecule has 1 aromatic rings. The van der Waals surface area contributed by atoms with Gasteiger partial charge in [-0.05, 0) is 24.6 Å². The second-order valence-electron chi connectivity index (χ2n) is 3.94. The molecule has 5 nitrogen and oxygen atoms in total. The highest BCUT2D eigenvalue weighted by Gasteiger charge is 2.04. The van der Waals surface area contributed by atoms with Crippen molar-refractivity contribution in [2.24, 2.45) is 0 Å². The number of unbranched alkanes of at least 4 members (excludes halogenated alkanes) is 1. The first-order valence-electron chi connectivity index (χ1n) is 5.96. The second-order valence-corrected chi connectivity index (χ2v) is 3.94. The van der Waals surface area contributed by atoms with Crippen LogP contribution in [0.3, 0.4) is 0 Å². The van der Waals surface area contributed by atoms with Gasteiger partial charge >= 0.3 is 5.97 Å². The molecule has 98 valence electrons. The molecule has 0 unspecified atom stereocenters.